The summed E-state index contributed by atoms with van der Waals surface area (Å²) in [5.41, 5.74) is 1.17. The number of carbonyl (C=O) groups excluding carboxylic acids is 1. The van der Waals surface area contributed by atoms with E-state index in [1.165, 1.54) is 18.2 Å². The van der Waals surface area contributed by atoms with Gasteiger partial charge >= 0.3 is 6.08 Å². The predicted octanol–water partition coefficient (Wildman–Crippen LogP) is 3.28. The van der Waals surface area contributed by atoms with Gasteiger partial charge in [-0.15, -0.1) is 5.10 Å². The van der Waals surface area contributed by atoms with Gasteiger partial charge in [-0.05, 0) is 30.3 Å². The topological polar surface area (TPSA) is 77.2 Å². The first kappa shape index (κ1) is 15.7. The molecule has 6 nitrogen and oxygen atoms in total. The molecule has 0 fully saturated rings. The van der Waals surface area contributed by atoms with Crippen molar-refractivity contribution in [2.45, 2.75) is 6.42 Å². The molecule has 24 heavy (non-hydrogen) atoms. The SMILES string of the molecule is O=C(CCOc1nnc(-c2ccccc2)o1)Nc1cccc(F)c1. The van der Waals surface area contributed by atoms with Gasteiger partial charge in [0.2, 0.25) is 5.91 Å². The molecular formula is C17H14FN3O3. The summed E-state index contributed by atoms with van der Waals surface area (Å²) in [5, 5.41) is 10.2. The standard InChI is InChI=1S/C17H14FN3O3/c18-13-7-4-8-14(11-13)19-15(22)9-10-23-17-21-20-16(24-17)12-5-2-1-3-6-12/h1-8,11H,9-10H2,(H,19,22). The third-order valence-electron chi connectivity index (χ3n) is 3.09. The average molecular weight is 327 g/mol. The van der Waals surface area contributed by atoms with E-state index < -0.39 is 5.82 Å². The van der Waals surface area contributed by atoms with Crippen LogP contribution in [-0.4, -0.2) is 22.7 Å². The maximum absolute atomic E-state index is 13.0. The number of hydrogen-bond donors (Lipinski definition) is 1. The third kappa shape index (κ3) is 4.16. The Hall–Kier alpha value is -3.22. The molecule has 122 valence electrons. The van der Waals surface area contributed by atoms with Crippen LogP contribution in [0.5, 0.6) is 6.08 Å². The van der Waals surface area contributed by atoms with Crippen LogP contribution in [0.15, 0.2) is 59.0 Å². The van der Waals surface area contributed by atoms with E-state index >= 15 is 0 Å². The highest BCUT2D eigenvalue weighted by Crippen LogP contribution is 2.20. The molecule has 7 heteroatoms. The normalized spacial score (nSPS) is 10.4. The quantitative estimate of drug-likeness (QED) is 0.752. The smallest absolute Gasteiger partial charge is 0.414 e. The molecule has 0 unspecified atom stereocenters. The summed E-state index contributed by atoms with van der Waals surface area (Å²) in [6, 6.07) is 14.9. The van der Waals surface area contributed by atoms with Crippen molar-refractivity contribution in [3.63, 3.8) is 0 Å². The van der Waals surface area contributed by atoms with Crippen LogP contribution < -0.4 is 10.1 Å². The van der Waals surface area contributed by atoms with Crippen LogP contribution >= 0.6 is 0 Å². The fraction of sp³-hybridized carbons (Fsp3) is 0.118. The minimum atomic E-state index is -0.414. The van der Waals surface area contributed by atoms with Gasteiger partial charge in [0.05, 0.1) is 6.42 Å². The number of ether oxygens (including phenoxy) is 1. The van der Waals surface area contributed by atoms with Gasteiger partial charge < -0.3 is 14.5 Å². The van der Waals surface area contributed by atoms with Crippen molar-refractivity contribution in [3.8, 4) is 17.5 Å². The molecule has 0 bridgehead atoms. The molecule has 0 atom stereocenters. The Labute approximate surface area is 137 Å². The first-order valence-electron chi connectivity index (χ1n) is 7.28. The van der Waals surface area contributed by atoms with E-state index in [9.17, 15) is 9.18 Å². The zero-order valence-electron chi connectivity index (χ0n) is 12.6. The molecule has 0 aliphatic carbocycles. The summed E-state index contributed by atoms with van der Waals surface area (Å²) in [5.74, 6) is -0.374. The lowest BCUT2D eigenvalue weighted by Gasteiger charge is -2.05. The van der Waals surface area contributed by atoms with Crippen molar-refractivity contribution in [2.75, 3.05) is 11.9 Å². The van der Waals surface area contributed by atoms with E-state index in [-0.39, 0.29) is 25.0 Å². The second kappa shape index (κ2) is 7.36. The van der Waals surface area contributed by atoms with E-state index in [4.69, 9.17) is 9.15 Å². The van der Waals surface area contributed by atoms with Crippen molar-refractivity contribution >= 4 is 11.6 Å². The number of anilines is 1. The van der Waals surface area contributed by atoms with Gasteiger partial charge in [-0.1, -0.05) is 29.4 Å². The van der Waals surface area contributed by atoms with Gasteiger partial charge in [0.1, 0.15) is 12.4 Å². The predicted molar refractivity (Wildman–Crippen MR) is 84.9 cm³/mol. The van der Waals surface area contributed by atoms with Gasteiger partial charge in [-0.3, -0.25) is 4.79 Å². The lowest BCUT2D eigenvalue weighted by Crippen LogP contribution is -2.15. The number of halogens is 1. The van der Waals surface area contributed by atoms with Crippen molar-refractivity contribution in [3.05, 3.63) is 60.4 Å². The second-order valence-electron chi connectivity index (χ2n) is 4.90. The molecule has 0 aliphatic heterocycles. The van der Waals surface area contributed by atoms with Crippen LogP contribution in [0.3, 0.4) is 0 Å². The Kier molecular flexibility index (Phi) is 4.81. The molecule has 1 heterocycles. The zero-order valence-corrected chi connectivity index (χ0v) is 12.6. The summed E-state index contributed by atoms with van der Waals surface area (Å²) in [6.45, 7) is 0.0670. The highest BCUT2D eigenvalue weighted by atomic mass is 19.1. The number of nitrogens with zero attached hydrogens (tertiary/aromatic N) is 2. The average Bonchev–Trinajstić information content (AvgIpc) is 3.04. The molecular weight excluding hydrogens is 313 g/mol. The Morgan fingerprint density at radius 3 is 2.75 bits per heavy atom. The zero-order chi connectivity index (χ0) is 16.8. The maximum Gasteiger partial charge on any atom is 0.414 e. The first-order chi connectivity index (χ1) is 11.7. The van der Waals surface area contributed by atoms with E-state index in [1.54, 1.807) is 6.07 Å². The minimum absolute atomic E-state index is 0.00703. The molecule has 3 rings (SSSR count). The van der Waals surface area contributed by atoms with Crippen LogP contribution in [0.2, 0.25) is 0 Å². The molecule has 2 aromatic carbocycles. The molecule has 0 aliphatic rings. The summed E-state index contributed by atoms with van der Waals surface area (Å²) in [6.07, 6.45) is 0.0620. The maximum atomic E-state index is 13.0. The Morgan fingerprint density at radius 2 is 1.96 bits per heavy atom. The number of benzene rings is 2. The molecule has 0 radical (unpaired) electrons. The van der Waals surface area contributed by atoms with Gasteiger partial charge in [0.25, 0.3) is 5.89 Å². The molecule has 1 amide bonds. The lowest BCUT2D eigenvalue weighted by atomic mass is 10.2. The largest absolute Gasteiger partial charge is 0.448 e. The summed E-state index contributed by atoms with van der Waals surface area (Å²) in [4.78, 5) is 11.8. The number of hydrogen-bond acceptors (Lipinski definition) is 5. The fourth-order valence-corrected chi connectivity index (χ4v) is 1.99. The molecule has 0 saturated heterocycles. The highest BCUT2D eigenvalue weighted by Gasteiger charge is 2.10. The number of carbonyl (C=O) groups is 1. The summed E-state index contributed by atoms with van der Waals surface area (Å²) in [7, 11) is 0. The first-order valence-corrected chi connectivity index (χ1v) is 7.28. The number of aromatic nitrogens is 2. The Morgan fingerprint density at radius 1 is 1.12 bits per heavy atom. The Bertz CT molecular complexity index is 821. The second-order valence-corrected chi connectivity index (χ2v) is 4.90. The van der Waals surface area contributed by atoms with Gasteiger partial charge in [0, 0.05) is 11.3 Å². The van der Waals surface area contributed by atoms with E-state index in [0.29, 0.717) is 11.6 Å². The van der Waals surface area contributed by atoms with E-state index in [0.717, 1.165) is 5.56 Å². The van der Waals surface area contributed by atoms with E-state index in [2.05, 4.69) is 15.5 Å². The Balaban J connectivity index is 1.48. The number of nitrogens with one attached hydrogen (secondary N) is 1. The molecule has 0 spiro atoms. The van der Waals surface area contributed by atoms with Crippen LogP contribution in [-0.2, 0) is 4.79 Å². The summed E-state index contributed by atoms with van der Waals surface area (Å²) < 4.78 is 23.7. The molecule has 3 aromatic rings. The molecule has 1 aromatic heterocycles. The van der Waals surface area contributed by atoms with E-state index in [1.807, 2.05) is 30.3 Å². The van der Waals surface area contributed by atoms with Gasteiger partial charge in [-0.2, -0.15) is 0 Å². The number of rotatable bonds is 6. The molecule has 1 N–H and O–H groups in total. The summed E-state index contributed by atoms with van der Waals surface area (Å²) >= 11 is 0. The van der Waals surface area contributed by atoms with Gasteiger partial charge in [-0.25, -0.2) is 4.39 Å². The van der Waals surface area contributed by atoms with Crippen molar-refractivity contribution in [1.29, 1.82) is 0 Å². The van der Waals surface area contributed by atoms with Crippen molar-refractivity contribution in [1.82, 2.24) is 10.2 Å². The third-order valence-corrected chi connectivity index (χ3v) is 3.09. The fourth-order valence-electron chi connectivity index (χ4n) is 1.99. The van der Waals surface area contributed by atoms with Gasteiger partial charge in [0.15, 0.2) is 0 Å². The van der Waals surface area contributed by atoms with Crippen LogP contribution in [0.25, 0.3) is 11.5 Å². The van der Waals surface area contributed by atoms with Crippen LogP contribution in [0, 0.1) is 5.82 Å². The highest BCUT2D eigenvalue weighted by molar-refractivity contribution is 5.90. The van der Waals surface area contributed by atoms with Crippen molar-refractivity contribution in [2.24, 2.45) is 0 Å². The molecule has 0 saturated carbocycles. The monoisotopic (exact) mass is 327 g/mol. The lowest BCUT2D eigenvalue weighted by molar-refractivity contribution is -0.116. The minimum Gasteiger partial charge on any atom is -0.448 e. The number of amides is 1. The van der Waals surface area contributed by atoms with Crippen molar-refractivity contribution < 1.29 is 18.3 Å². The van der Waals surface area contributed by atoms with Crippen LogP contribution in [0.4, 0.5) is 10.1 Å². The van der Waals surface area contributed by atoms with Crippen LogP contribution in [0.1, 0.15) is 6.42 Å².